The van der Waals surface area contributed by atoms with Crippen molar-refractivity contribution in [2.75, 3.05) is 11.4 Å². The molecule has 0 unspecified atom stereocenters. The normalized spacial score (nSPS) is 16.1. The molecule has 0 heterocycles. The maximum atomic E-state index is 11.0. The van der Waals surface area contributed by atoms with Crippen molar-refractivity contribution in [2.45, 2.75) is 38.6 Å². The van der Waals surface area contributed by atoms with Gasteiger partial charge in [-0.25, -0.2) is 4.79 Å². The average molecular weight is 233 g/mol. The Bertz CT molecular complexity index is 397. The number of nitrogens with zero attached hydrogens (tertiary/aromatic N) is 1. The van der Waals surface area contributed by atoms with Crippen LogP contribution in [0.4, 0.5) is 5.69 Å². The molecule has 1 aromatic carbocycles. The molecule has 17 heavy (non-hydrogen) atoms. The van der Waals surface area contributed by atoms with E-state index in [0.29, 0.717) is 11.6 Å². The summed E-state index contributed by atoms with van der Waals surface area (Å²) < 4.78 is 0. The third kappa shape index (κ3) is 2.60. The van der Waals surface area contributed by atoms with E-state index in [1.807, 2.05) is 12.1 Å². The Morgan fingerprint density at radius 2 is 2.12 bits per heavy atom. The minimum atomic E-state index is -0.852. The molecule has 0 atom stereocenters. The molecule has 3 nitrogen and oxygen atoms in total. The number of benzene rings is 1. The van der Waals surface area contributed by atoms with Crippen molar-refractivity contribution < 1.29 is 9.90 Å². The van der Waals surface area contributed by atoms with E-state index in [-0.39, 0.29) is 0 Å². The van der Waals surface area contributed by atoms with Crippen LogP contribution in [0.5, 0.6) is 0 Å². The van der Waals surface area contributed by atoms with Gasteiger partial charge in [0.15, 0.2) is 0 Å². The van der Waals surface area contributed by atoms with Gasteiger partial charge in [0, 0.05) is 18.3 Å². The topological polar surface area (TPSA) is 40.5 Å². The Hall–Kier alpha value is -1.51. The van der Waals surface area contributed by atoms with Crippen LogP contribution >= 0.6 is 0 Å². The van der Waals surface area contributed by atoms with E-state index in [1.165, 1.54) is 25.7 Å². The SMILES string of the molecule is CCN(c1cccc(C(=O)O)c1)C1CCCC1. The predicted octanol–water partition coefficient (Wildman–Crippen LogP) is 3.15. The number of aromatic carboxylic acids is 1. The van der Waals surface area contributed by atoms with Gasteiger partial charge in [-0.2, -0.15) is 0 Å². The molecule has 1 saturated carbocycles. The lowest BCUT2D eigenvalue weighted by molar-refractivity contribution is 0.0697. The molecule has 0 bridgehead atoms. The zero-order chi connectivity index (χ0) is 12.3. The second-order valence-electron chi connectivity index (χ2n) is 4.58. The van der Waals surface area contributed by atoms with Crippen LogP contribution in [-0.2, 0) is 0 Å². The summed E-state index contributed by atoms with van der Waals surface area (Å²) in [4.78, 5) is 13.3. The molecule has 1 aliphatic carbocycles. The molecule has 1 fully saturated rings. The second-order valence-corrected chi connectivity index (χ2v) is 4.58. The van der Waals surface area contributed by atoms with E-state index >= 15 is 0 Å². The van der Waals surface area contributed by atoms with Gasteiger partial charge in [0.2, 0.25) is 0 Å². The molecule has 1 N–H and O–H groups in total. The van der Waals surface area contributed by atoms with Gasteiger partial charge < -0.3 is 10.0 Å². The summed E-state index contributed by atoms with van der Waals surface area (Å²) in [6.45, 7) is 3.07. The number of hydrogen-bond acceptors (Lipinski definition) is 2. The number of carbonyl (C=O) groups is 1. The first-order valence-electron chi connectivity index (χ1n) is 6.32. The summed E-state index contributed by atoms with van der Waals surface area (Å²) in [7, 11) is 0. The van der Waals surface area contributed by atoms with E-state index in [9.17, 15) is 4.79 Å². The first kappa shape index (κ1) is 12.0. The van der Waals surface area contributed by atoms with Gasteiger partial charge in [-0.3, -0.25) is 0 Å². The van der Waals surface area contributed by atoms with Crippen LogP contribution < -0.4 is 4.90 Å². The van der Waals surface area contributed by atoms with Gasteiger partial charge in [0.25, 0.3) is 0 Å². The smallest absolute Gasteiger partial charge is 0.335 e. The van der Waals surface area contributed by atoms with Crippen molar-refractivity contribution in [3.05, 3.63) is 29.8 Å². The molecule has 0 aliphatic heterocycles. The number of carboxylic acid groups (broad SMARTS) is 1. The van der Waals surface area contributed by atoms with Gasteiger partial charge in [0.05, 0.1) is 5.56 Å². The molecule has 1 aliphatic rings. The summed E-state index contributed by atoms with van der Waals surface area (Å²) in [5.74, 6) is -0.852. The quantitative estimate of drug-likeness (QED) is 0.868. The highest BCUT2D eigenvalue weighted by Gasteiger charge is 2.22. The first-order chi connectivity index (χ1) is 8.22. The maximum Gasteiger partial charge on any atom is 0.335 e. The van der Waals surface area contributed by atoms with Gasteiger partial charge in [-0.1, -0.05) is 18.9 Å². The minimum absolute atomic E-state index is 0.374. The Labute approximate surface area is 102 Å². The van der Waals surface area contributed by atoms with Crippen LogP contribution in [-0.4, -0.2) is 23.7 Å². The average Bonchev–Trinajstić information content (AvgIpc) is 2.84. The van der Waals surface area contributed by atoms with Crippen LogP contribution in [0.1, 0.15) is 43.0 Å². The third-order valence-corrected chi connectivity index (χ3v) is 3.53. The van der Waals surface area contributed by atoms with E-state index in [1.54, 1.807) is 12.1 Å². The number of rotatable bonds is 4. The highest BCUT2D eigenvalue weighted by molar-refractivity contribution is 5.88. The van der Waals surface area contributed by atoms with Crippen molar-refractivity contribution in [3.63, 3.8) is 0 Å². The van der Waals surface area contributed by atoms with Crippen molar-refractivity contribution >= 4 is 11.7 Å². The zero-order valence-corrected chi connectivity index (χ0v) is 10.2. The number of carboxylic acids is 1. The predicted molar refractivity (Wildman–Crippen MR) is 68.7 cm³/mol. The van der Waals surface area contributed by atoms with Gasteiger partial charge in [0.1, 0.15) is 0 Å². The summed E-state index contributed by atoms with van der Waals surface area (Å²) >= 11 is 0. The molecule has 0 spiro atoms. The van der Waals surface area contributed by atoms with E-state index < -0.39 is 5.97 Å². The van der Waals surface area contributed by atoms with Gasteiger partial charge in [-0.05, 0) is 38.0 Å². The lowest BCUT2D eigenvalue weighted by atomic mass is 10.1. The molecule has 3 heteroatoms. The highest BCUT2D eigenvalue weighted by atomic mass is 16.4. The Kier molecular flexibility index (Phi) is 3.67. The Morgan fingerprint density at radius 1 is 1.41 bits per heavy atom. The fraction of sp³-hybridized carbons (Fsp3) is 0.500. The summed E-state index contributed by atoms with van der Waals surface area (Å²) in [5.41, 5.74) is 1.42. The maximum absolute atomic E-state index is 11.0. The number of anilines is 1. The molecule has 0 radical (unpaired) electrons. The van der Waals surface area contributed by atoms with Crippen molar-refractivity contribution in [1.29, 1.82) is 0 Å². The van der Waals surface area contributed by atoms with E-state index in [0.717, 1.165) is 12.2 Å². The summed E-state index contributed by atoms with van der Waals surface area (Å²) in [6.07, 6.45) is 5.04. The van der Waals surface area contributed by atoms with Crippen molar-refractivity contribution in [1.82, 2.24) is 0 Å². The summed E-state index contributed by atoms with van der Waals surface area (Å²) in [6, 6.07) is 7.85. The summed E-state index contributed by atoms with van der Waals surface area (Å²) in [5, 5.41) is 9.01. The second kappa shape index (κ2) is 5.21. The molecular formula is C14H19NO2. The van der Waals surface area contributed by atoms with E-state index in [4.69, 9.17) is 5.11 Å². The molecule has 0 saturated heterocycles. The number of hydrogen-bond donors (Lipinski definition) is 1. The first-order valence-corrected chi connectivity index (χ1v) is 6.32. The van der Waals surface area contributed by atoms with Crippen LogP contribution in [0, 0.1) is 0 Å². The minimum Gasteiger partial charge on any atom is -0.478 e. The molecule has 0 aromatic heterocycles. The van der Waals surface area contributed by atoms with Crippen LogP contribution in [0.3, 0.4) is 0 Å². The van der Waals surface area contributed by atoms with Crippen LogP contribution in [0.2, 0.25) is 0 Å². The fourth-order valence-corrected chi connectivity index (χ4v) is 2.69. The van der Waals surface area contributed by atoms with Crippen LogP contribution in [0.25, 0.3) is 0 Å². The largest absolute Gasteiger partial charge is 0.478 e. The van der Waals surface area contributed by atoms with Crippen molar-refractivity contribution in [3.8, 4) is 0 Å². The molecule has 2 rings (SSSR count). The van der Waals surface area contributed by atoms with Crippen molar-refractivity contribution in [2.24, 2.45) is 0 Å². The standard InChI is InChI=1S/C14H19NO2/c1-2-15(12-7-3-4-8-12)13-9-5-6-11(10-13)14(16)17/h5-6,9-10,12H,2-4,7-8H2,1H3,(H,16,17). The Balaban J connectivity index is 2.23. The lowest BCUT2D eigenvalue weighted by Gasteiger charge is -2.30. The Morgan fingerprint density at radius 3 is 2.71 bits per heavy atom. The van der Waals surface area contributed by atoms with Gasteiger partial charge in [-0.15, -0.1) is 0 Å². The van der Waals surface area contributed by atoms with Gasteiger partial charge >= 0.3 is 5.97 Å². The monoisotopic (exact) mass is 233 g/mol. The van der Waals surface area contributed by atoms with Crippen LogP contribution in [0.15, 0.2) is 24.3 Å². The molecular weight excluding hydrogens is 214 g/mol. The molecule has 92 valence electrons. The molecule has 0 amide bonds. The molecule has 1 aromatic rings. The highest BCUT2D eigenvalue weighted by Crippen LogP contribution is 2.28. The third-order valence-electron chi connectivity index (χ3n) is 3.53. The van der Waals surface area contributed by atoms with E-state index in [2.05, 4.69) is 11.8 Å². The fourth-order valence-electron chi connectivity index (χ4n) is 2.69. The zero-order valence-electron chi connectivity index (χ0n) is 10.2. The lowest BCUT2D eigenvalue weighted by Crippen LogP contribution is -2.33.